The lowest BCUT2D eigenvalue weighted by Crippen LogP contribution is -2.60. The van der Waals surface area contributed by atoms with Crippen LogP contribution in [0.3, 0.4) is 0 Å². The van der Waals surface area contributed by atoms with E-state index in [2.05, 4.69) is 26.1 Å². The summed E-state index contributed by atoms with van der Waals surface area (Å²) in [5.41, 5.74) is 0. The summed E-state index contributed by atoms with van der Waals surface area (Å²) in [7, 11) is 0. The van der Waals surface area contributed by atoms with Gasteiger partial charge in [-0.05, 0) is 18.8 Å². The molecule has 0 spiro atoms. The van der Waals surface area contributed by atoms with Crippen molar-refractivity contribution in [3.05, 3.63) is 0 Å². The topological polar surface area (TPSA) is 169 Å². The molecule has 1 rings (SSSR count). The number of carbonyl (C=O) groups is 1. The van der Waals surface area contributed by atoms with E-state index in [0.717, 1.165) is 57.3 Å². The fourth-order valence-electron chi connectivity index (χ4n) is 6.79. The van der Waals surface area contributed by atoms with E-state index in [-0.39, 0.29) is 18.9 Å². The second-order valence-corrected chi connectivity index (χ2v) is 15.4. The molecule has 0 aromatic heterocycles. The van der Waals surface area contributed by atoms with E-state index in [1.807, 2.05) is 0 Å². The molecule has 1 saturated heterocycles. The quantitative estimate of drug-likeness (QED) is 0.0378. The first-order valence-electron chi connectivity index (χ1n) is 20.7. The third kappa shape index (κ3) is 22.3. The molecule has 0 aromatic carbocycles. The summed E-state index contributed by atoms with van der Waals surface area (Å²) < 4.78 is 11.1. The molecule has 0 saturated carbocycles. The van der Waals surface area contributed by atoms with Crippen molar-refractivity contribution in [1.82, 2.24) is 5.32 Å². The zero-order valence-electron chi connectivity index (χ0n) is 32.2. The van der Waals surface area contributed by atoms with Crippen LogP contribution >= 0.6 is 0 Å². The molecule has 10 heteroatoms. The van der Waals surface area contributed by atoms with Gasteiger partial charge in [0.05, 0.1) is 25.4 Å². The minimum Gasteiger partial charge on any atom is -0.394 e. The highest BCUT2D eigenvalue weighted by Gasteiger charge is 2.44. The second-order valence-electron chi connectivity index (χ2n) is 15.4. The maximum Gasteiger partial charge on any atom is 0.220 e. The van der Waals surface area contributed by atoms with Gasteiger partial charge in [0.15, 0.2) is 6.29 Å². The summed E-state index contributed by atoms with van der Waals surface area (Å²) in [6.45, 7) is 5.89. The third-order valence-corrected chi connectivity index (χ3v) is 10.2. The van der Waals surface area contributed by atoms with Gasteiger partial charge in [-0.3, -0.25) is 4.79 Å². The Hall–Kier alpha value is -0.850. The summed E-state index contributed by atoms with van der Waals surface area (Å²) in [5.74, 6) is 0.519. The monoisotopic (exact) mass is 718 g/mol. The smallest absolute Gasteiger partial charge is 0.220 e. The van der Waals surface area contributed by atoms with Gasteiger partial charge in [0.1, 0.15) is 30.5 Å². The van der Waals surface area contributed by atoms with Gasteiger partial charge >= 0.3 is 0 Å². The molecule has 7 N–H and O–H groups in total. The summed E-state index contributed by atoms with van der Waals surface area (Å²) >= 11 is 0. The number of rotatable bonds is 33. The number of hydrogen-bond acceptors (Lipinski definition) is 9. The van der Waals surface area contributed by atoms with Gasteiger partial charge in [-0.15, -0.1) is 0 Å². The van der Waals surface area contributed by atoms with Crippen molar-refractivity contribution in [3.63, 3.8) is 0 Å². The first-order valence-corrected chi connectivity index (χ1v) is 20.7. The third-order valence-electron chi connectivity index (χ3n) is 10.2. The van der Waals surface area contributed by atoms with E-state index in [1.165, 1.54) is 96.3 Å². The van der Waals surface area contributed by atoms with Crippen LogP contribution in [0.25, 0.3) is 0 Å². The summed E-state index contributed by atoms with van der Waals surface area (Å²) in [6, 6.07) is -0.984. The molecule has 1 amide bonds. The molecule has 1 aliphatic heterocycles. The number of unbranched alkanes of at least 4 members (excludes halogenated alkanes) is 20. The molecule has 0 radical (unpaired) electrons. The average molecular weight is 718 g/mol. The molecule has 0 bridgehead atoms. The standard InChI is InChI=1S/C40H79NO9/c1-4-5-6-7-8-9-10-11-12-16-19-22-25-28-35(44)41-32(30-49-40-39(48)38(47)37(46)34(29-42)50-40)36(45)33(43)27-24-21-18-15-13-14-17-20-23-26-31(2)3/h31-34,36-40,42-43,45-48H,4-30H2,1-3H3,(H,41,44)/t32-,33+,34+,36-,37-,38-,39+,40+/m0/s1. The van der Waals surface area contributed by atoms with Crippen molar-refractivity contribution in [3.8, 4) is 0 Å². The predicted molar refractivity (Wildman–Crippen MR) is 200 cm³/mol. The molecule has 50 heavy (non-hydrogen) atoms. The molecule has 8 atom stereocenters. The number of nitrogens with one attached hydrogen (secondary N) is 1. The Morgan fingerprint density at radius 2 is 1.12 bits per heavy atom. The normalized spacial score (nSPS) is 22.9. The van der Waals surface area contributed by atoms with Gasteiger partial charge in [0.25, 0.3) is 0 Å². The number of aliphatic hydroxyl groups is 6. The lowest BCUT2D eigenvalue weighted by molar-refractivity contribution is -0.303. The van der Waals surface area contributed by atoms with E-state index in [0.29, 0.717) is 6.42 Å². The van der Waals surface area contributed by atoms with E-state index in [9.17, 15) is 35.4 Å². The number of hydrogen-bond donors (Lipinski definition) is 7. The van der Waals surface area contributed by atoms with E-state index in [1.54, 1.807) is 0 Å². The van der Waals surface area contributed by atoms with Gasteiger partial charge in [-0.1, -0.05) is 162 Å². The Morgan fingerprint density at radius 1 is 0.660 bits per heavy atom. The van der Waals surface area contributed by atoms with Crippen LogP contribution in [0.2, 0.25) is 0 Å². The number of aliphatic hydroxyl groups excluding tert-OH is 6. The molecule has 1 heterocycles. The van der Waals surface area contributed by atoms with Crippen LogP contribution in [0.5, 0.6) is 0 Å². The maximum absolute atomic E-state index is 12.9. The Kier molecular flexibility index (Phi) is 28.9. The van der Waals surface area contributed by atoms with E-state index < -0.39 is 55.6 Å². The highest BCUT2D eigenvalue weighted by Crippen LogP contribution is 2.23. The van der Waals surface area contributed by atoms with Crippen molar-refractivity contribution in [2.45, 2.75) is 230 Å². The fourth-order valence-corrected chi connectivity index (χ4v) is 6.79. The molecule has 1 aliphatic rings. The summed E-state index contributed by atoms with van der Waals surface area (Å²) in [5, 5.41) is 64.9. The summed E-state index contributed by atoms with van der Waals surface area (Å²) in [6.07, 6.45) is 18.3. The highest BCUT2D eigenvalue weighted by atomic mass is 16.7. The van der Waals surface area contributed by atoms with Gasteiger partial charge in [0.2, 0.25) is 5.91 Å². The molecular formula is C40H79NO9. The first kappa shape index (κ1) is 47.2. The second kappa shape index (κ2) is 30.6. The minimum atomic E-state index is -1.60. The van der Waals surface area contributed by atoms with Crippen LogP contribution in [0.15, 0.2) is 0 Å². The SMILES string of the molecule is CCCCCCCCCCCCCCCC(=O)N[C@@H](CO[C@@H]1O[C@H](CO)[C@H](O)[C@H](O)[C@H]1O)[C@H](O)[C@H](O)CCCCCCCCCCCC(C)C. The molecule has 0 unspecified atom stereocenters. The van der Waals surface area contributed by atoms with Crippen LogP contribution in [0, 0.1) is 5.92 Å². The Morgan fingerprint density at radius 3 is 1.60 bits per heavy atom. The Labute approximate surface area is 305 Å². The Bertz CT molecular complexity index is 786. The van der Waals surface area contributed by atoms with Gasteiger partial charge < -0.3 is 45.4 Å². The molecular weight excluding hydrogens is 638 g/mol. The van der Waals surface area contributed by atoms with Crippen molar-refractivity contribution in [2.24, 2.45) is 5.92 Å². The zero-order chi connectivity index (χ0) is 37.0. The lowest BCUT2D eigenvalue weighted by atomic mass is 9.98. The molecule has 1 fully saturated rings. The average Bonchev–Trinajstić information content (AvgIpc) is 3.10. The van der Waals surface area contributed by atoms with Crippen LogP contribution < -0.4 is 5.32 Å². The highest BCUT2D eigenvalue weighted by molar-refractivity contribution is 5.76. The van der Waals surface area contributed by atoms with Gasteiger partial charge in [0, 0.05) is 6.42 Å². The van der Waals surface area contributed by atoms with Crippen LogP contribution in [0.4, 0.5) is 0 Å². The van der Waals surface area contributed by atoms with Crippen molar-refractivity contribution < 1.29 is 44.9 Å². The molecule has 0 aliphatic carbocycles. The predicted octanol–water partition coefficient (Wildman–Crippen LogP) is 6.44. The van der Waals surface area contributed by atoms with Crippen LogP contribution in [-0.2, 0) is 14.3 Å². The number of amides is 1. The summed E-state index contributed by atoms with van der Waals surface area (Å²) in [4.78, 5) is 12.9. The van der Waals surface area contributed by atoms with Crippen LogP contribution in [-0.4, -0.2) is 98.7 Å². The fraction of sp³-hybridized carbons (Fsp3) is 0.975. The molecule has 10 nitrogen and oxygen atoms in total. The molecule has 0 aromatic rings. The first-order chi connectivity index (χ1) is 24.1. The van der Waals surface area contributed by atoms with Crippen molar-refractivity contribution >= 4 is 5.91 Å². The van der Waals surface area contributed by atoms with E-state index >= 15 is 0 Å². The largest absolute Gasteiger partial charge is 0.394 e. The molecule has 298 valence electrons. The zero-order valence-corrected chi connectivity index (χ0v) is 32.2. The Balaban J connectivity index is 2.46. The minimum absolute atomic E-state index is 0.258. The van der Waals surface area contributed by atoms with Crippen molar-refractivity contribution in [2.75, 3.05) is 13.2 Å². The number of ether oxygens (including phenoxy) is 2. The van der Waals surface area contributed by atoms with E-state index in [4.69, 9.17) is 9.47 Å². The maximum atomic E-state index is 12.9. The van der Waals surface area contributed by atoms with Gasteiger partial charge in [-0.25, -0.2) is 0 Å². The van der Waals surface area contributed by atoms with Gasteiger partial charge in [-0.2, -0.15) is 0 Å². The number of carbonyl (C=O) groups excluding carboxylic acids is 1. The van der Waals surface area contributed by atoms with Crippen molar-refractivity contribution in [1.29, 1.82) is 0 Å². The lowest BCUT2D eigenvalue weighted by Gasteiger charge is -2.40. The van der Waals surface area contributed by atoms with Crippen LogP contribution in [0.1, 0.15) is 181 Å².